The van der Waals surface area contributed by atoms with Gasteiger partial charge in [-0.2, -0.15) is 0 Å². The highest BCUT2D eigenvalue weighted by atomic mass is 19.1. The lowest BCUT2D eigenvalue weighted by Crippen LogP contribution is -2.26. The molecule has 1 aliphatic rings. The first-order chi connectivity index (χ1) is 12.9. The van der Waals surface area contributed by atoms with Crippen LogP contribution in [0.2, 0.25) is 0 Å². The van der Waals surface area contributed by atoms with Crippen LogP contribution in [0.1, 0.15) is 11.4 Å². The van der Waals surface area contributed by atoms with Crippen molar-refractivity contribution in [1.82, 2.24) is 9.97 Å². The minimum absolute atomic E-state index is 0.0193. The fraction of sp³-hybridized carbons (Fsp3) is 0.105. The molecule has 2 heterocycles. The maximum atomic E-state index is 13.4. The summed E-state index contributed by atoms with van der Waals surface area (Å²) in [6.45, 7) is 0.0951. The molecule has 0 saturated carbocycles. The summed E-state index contributed by atoms with van der Waals surface area (Å²) >= 11 is 0. The van der Waals surface area contributed by atoms with E-state index in [2.05, 4.69) is 9.97 Å². The van der Waals surface area contributed by atoms with Gasteiger partial charge in [-0.15, -0.1) is 0 Å². The summed E-state index contributed by atoms with van der Waals surface area (Å²) in [5.74, 6) is -0.990. The number of anilines is 1. The van der Waals surface area contributed by atoms with Crippen LogP contribution in [-0.2, 0) is 11.2 Å². The molecule has 27 heavy (non-hydrogen) atoms. The van der Waals surface area contributed by atoms with Gasteiger partial charge in [0.2, 0.25) is 0 Å². The molecule has 0 amide bonds. The third-order valence-electron chi connectivity index (χ3n) is 4.39. The molecule has 3 aromatic rings. The number of carboxylic acid groups (broad SMARTS) is 1. The van der Waals surface area contributed by atoms with E-state index in [0.29, 0.717) is 28.1 Å². The molecule has 1 aromatic heterocycles. The summed E-state index contributed by atoms with van der Waals surface area (Å²) in [5.41, 5.74) is 2.57. The Labute approximate surface area is 152 Å². The summed E-state index contributed by atoms with van der Waals surface area (Å²) in [6.07, 6.45) is -0.0813. The number of nitrogens with zero attached hydrogens (tertiary/aromatic N) is 2. The van der Waals surface area contributed by atoms with E-state index in [1.165, 1.54) is 18.2 Å². The standard InChI is InChI=1S/C19H15FN4O3/c20-11-3-6-13-14(8-11)23-19(22-13)17-15(25)9-24(18(17)21)12-4-1-10(2-5-12)7-16(26)27/h1-6,8,21,25H,7,9H2,(H,22,23)(H,26,27). The van der Waals surface area contributed by atoms with Gasteiger partial charge in [0.15, 0.2) is 0 Å². The Kier molecular flexibility index (Phi) is 3.88. The van der Waals surface area contributed by atoms with Crippen molar-refractivity contribution in [2.24, 2.45) is 0 Å². The van der Waals surface area contributed by atoms with Gasteiger partial charge >= 0.3 is 5.97 Å². The fourth-order valence-corrected chi connectivity index (χ4v) is 3.12. The monoisotopic (exact) mass is 366 g/mol. The molecular formula is C19H15FN4O3. The van der Waals surface area contributed by atoms with Gasteiger partial charge in [0.1, 0.15) is 23.2 Å². The lowest BCUT2D eigenvalue weighted by atomic mass is 10.1. The Morgan fingerprint density at radius 3 is 2.70 bits per heavy atom. The van der Waals surface area contributed by atoms with E-state index in [0.717, 1.165) is 0 Å². The second kappa shape index (κ2) is 6.24. The number of aliphatic hydroxyl groups is 1. The smallest absolute Gasteiger partial charge is 0.307 e. The van der Waals surface area contributed by atoms with Crippen molar-refractivity contribution in [3.8, 4) is 0 Å². The van der Waals surface area contributed by atoms with Crippen LogP contribution in [0.5, 0.6) is 0 Å². The third kappa shape index (κ3) is 3.01. The zero-order valence-corrected chi connectivity index (χ0v) is 14.0. The first-order valence-corrected chi connectivity index (χ1v) is 8.17. The van der Waals surface area contributed by atoms with Gasteiger partial charge in [-0.3, -0.25) is 10.2 Å². The van der Waals surface area contributed by atoms with Gasteiger partial charge in [-0.1, -0.05) is 12.1 Å². The highest BCUT2D eigenvalue weighted by Gasteiger charge is 2.31. The Hall–Kier alpha value is -3.68. The van der Waals surface area contributed by atoms with Crippen LogP contribution in [0.3, 0.4) is 0 Å². The molecule has 0 radical (unpaired) electrons. The molecule has 136 valence electrons. The molecule has 0 bridgehead atoms. The molecule has 4 rings (SSSR count). The van der Waals surface area contributed by atoms with E-state index in [1.54, 1.807) is 29.2 Å². The van der Waals surface area contributed by atoms with E-state index in [4.69, 9.17) is 10.5 Å². The molecule has 0 aliphatic carbocycles. The number of aromatic amines is 1. The second-order valence-electron chi connectivity index (χ2n) is 6.24. The van der Waals surface area contributed by atoms with Gasteiger partial charge in [0.25, 0.3) is 0 Å². The number of amidine groups is 1. The van der Waals surface area contributed by atoms with Crippen LogP contribution in [-0.4, -0.2) is 38.5 Å². The fourth-order valence-electron chi connectivity index (χ4n) is 3.12. The molecule has 0 atom stereocenters. The molecule has 1 aliphatic heterocycles. The number of fused-ring (bicyclic) bond motifs is 1. The molecular weight excluding hydrogens is 351 g/mol. The van der Waals surface area contributed by atoms with Crippen molar-refractivity contribution in [3.63, 3.8) is 0 Å². The number of nitrogens with one attached hydrogen (secondary N) is 2. The Morgan fingerprint density at radius 2 is 2.00 bits per heavy atom. The zero-order chi connectivity index (χ0) is 19.1. The quantitative estimate of drug-likeness (QED) is 0.567. The molecule has 2 aromatic carbocycles. The number of H-pyrrole nitrogens is 1. The van der Waals surface area contributed by atoms with Gasteiger partial charge in [0.05, 0.1) is 29.6 Å². The maximum absolute atomic E-state index is 13.4. The molecule has 8 heteroatoms. The highest BCUT2D eigenvalue weighted by molar-refractivity contribution is 6.30. The van der Waals surface area contributed by atoms with E-state index >= 15 is 0 Å². The van der Waals surface area contributed by atoms with Crippen LogP contribution in [0.15, 0.2) is 48.2 Å². The minimum atomic E-state index is -0.917. The number of rotatable bonds is 4. The van der Waals surface area contributed by atoms with Gasteiger partial charge in [-0.25, -0.2) is 9.37 Å². The summed E-state index contributed by atoms with van der Waals surface area (Å²) in [7, 11) is 0. The third-order valence-corrected chi connectivity index (χ3v) is 4.39. The number of carboxylic acids is 1. The maximum Gasteiger partial charge on any atom is 0.307 e. The predicted octanol–water partition coefficient (Wildman–Crippen LogP) is 3.10. The predicted molar refractivity (Wildman–Crippen MR) is 98.5 cm³/mol. The van der Waals surface area contributed by atoms with Crippen molar-refractivity contribution in [3.05, 3.63) is 65.4 Å². The van der Waals surface area contributed by atoms with E-state index in [-0.39, 0.29) is 30.1 Å². The van der Waals surface area contributed by atoms with Crippen LogP contribution in [0, 0.1) is 11.2 Å². The average Bonchev–Trinajstić information content (AvgIpc) is 3.14. The molecule has 0 saturated heterocycles. The van der Waals surface area contributed by atoms with Crippen molar-refractivity contribution in [2.45, 2.75) is 6.42 Å². The first-order valence-electron chi connectivity index (χ1n) is 8.17. The number of aliphatic hydroxyl groups excluding tert-OH is 1. The number of hydrogen-bond acceptors (Lipinski definition) is 4. The van der Waals surface area contributed by atoms with Crippen LogP contribution < -0.4 is 4.90 Å². The number of hydrogen-bond donors (Lipinski definition) is 4. The van der Waals surface area contributed by atoms with Crippen molar-refractivity contribution >= 4 is 34.1 Å². The number of aliphatic carboxylic acids is 1. The number of imidazole rings is 1. The van der Waals surface area contributed by atoms with Crippen LogP contribution >= 0.6 is 0 Å². The lowest BCUT2D eigenvalue weighted by Gasteiger charge is -2.18. The number of benzene rings is 2. The van der Waals surface area contributed by atoms with Gasteiger partial charge in [0, 0.05) is 5.69 Å². The van der Waals surface area contributed by atoms with Gasteiger partial charge < -0.3 is 20.1 Å². The Bertz CT molecular complexity index is 1100. The lowest BCUT2D eigenvalue weighted by molar-refractivity contribution is -0.136. The summed E-state index contributed by atoms with van der Waals surface area (Å²) < 4.78 is 13.4. The molecule has 4 N–H and O–H groups in total. The average molecular weight is 366 g/mol. The largest absolute Gasteiger partial charge is 0.509 e. The van der Waals surface area contributed by atoms with Gasteiger partial charge in [-0.05, 0) is 35.9 Å². The Morgan fingerprint density at radius 1 is 1.26 bits per heavy atom. The Balaban J connectivity index is 1.63. The van der Waals surface area contributed by atoms with E-state index < -0.39 is 11.8 Å². The highest BCUT2D eigenvalue weighted by Crippen LogP contribution is 2.31. The molecule has 0 fully saturated rings. The second-order valence-corrected chi connectivity index (χ2v) is 6.24. The molecule has 7 nitrogen and oxygen atoms in total. The molecule has 0 spiro atoms. The summed E-state index contributed by atoms with van der Waals surface area (Å²) in [5, 5.41) is 27.7. The normalized spacial score (nSPS) is 14.4. The SMILES string of the molecule is N=C1C(c2nc3ccc(F)cc3[nH]2)=C(O)CN1c1ccc(CC(=O)O)cc1. The number of halogens is 1. The van der Waals surface area contributed by atoms with Crippen molar-refractivity contribution in [1.29, 1.82) is 5.41 Å². The topological polar surface area (TPSA) is 113 Å². The minimum Gasteiger partial charge on any atom is -0.509 e. The van der Waals surface area contributed by atoms with Crippen molar-refractivity contribution in [2.75, 3.05) is 11.4 Å². The summed E-state index contributed by atoms with van der Waals surface area (Å²) in [6, 6.07) is 10.9. The van der Waals surface area contributed by atoms with Crippen LogP contribution in [0.4, 0.5) is 10.1 Å². The first kappa shape index (κ1) is 16.8. The van der Waals surface area contributed by atoms with E-state index in [9.17, 15) is 14.3 Å². The number of aromatic nitrogens is 2. The van der Waals surface area contributed by atoms with E-state index in [1.807, 2.05) is 0 Å². The molecule has 0 unspecified atom stereocenters. The zero-order valence-electron chi connectivity index (χ0n) is 14.0. The van der Waals surface area contributed by atoms with Crippen LogP contribution in [0.25, 0.3) is 16.6 Å². The number of carbonyl (C=O) groups is 1. The summed E-state index contributed by atoms with van der Waals surface area (Å²) in [4.78, 5) is 19.6. The van der Waals surface area contributed by atoms with Crippen molar-refractivity contribution < 1.29 is 19.4 Å².